The second kappa shape index (κ2) is 21.7. The first kappa shape index (κ1) is 43.7. The summed E-state index contributed by atoms with van der Waals surface area (Å²) in [6, 6.07) is -0.473. The lowest BCUT2D eigenvalue weighted by atomic mass is 9.71. The Kier molecular flexibility index (Phi) is 19.3. The van der Waals surface area contributed by atoms with E-state index in [0.717, 1.165) is 0 Å². The largest absolute Gasteiger partial charge is 0.481 e. The van der Waals surface area contributed by atoms with E-state index in [9.17, 15) is 59.4 Å². The van der Waals surface area contributed by atoms with Crippen LogP contribution in [0.3, 0.4) is 0 Å². The molecule has 11 atom stereocenters. The van der Waals surface area contributed by atoms with Crippen LogP contribution in [0.2, 0.25) is 0 Å². The Morgan fingerprint density at radius 2 is 1.41 bits per heavy atom. The average Bonchev–Trinajstić information content (AvgIpc) is 2.97. The summed E-state index contributed by atoms with van der Waals surface area (Å²) in [7, 11) is 0. The summed E-state index contributed by atoms with van der Waals surface area (Å²) in [5.41, 5.74) is 5.62. The molecular weight excluding hydrogens is 650 g/mol. The summed E-state index contributed by atoms with van der Waals surface area (Å²) >= 11 is 0. The normalized spacial score (nSPS) is 23.6. The zero-order chi connectivity index (χ0) is 37.4. The Hall–Kier alpha value is -3.34. The first-order valence-corrected chi connectivity index (χ1v) is 17.0. The molecule has 1 heterocycles. The fraction of sp³-hybridized carbons (Fsp3) is 0.818. The van der Waals surface area contributed by atoms with Crippen LogP contribution in [0.4, 0.5) is 0 Å². The Balaban J connectivity index is 3.19. The molecule has 1 saturated heterocycles. The highest BCUT2D eigenvalue weighted by Crippen LogP contribution is 2.41. The maximum atomic E-state index is 13.4. The molecule has 9 N–H and O–H groups in total. The van der Waals surface area contributed by atoms with Gasteiger partial charge in [-0.15, -0.1) is 0 Å². The summed E-state index contributed by atoms with van der Waals surface area (Å²) < 4.78 is 11.4. The van der Waals surface area contributed by atoms with Gasteiger partial charge in [-0.05, 0) is 44.9 Å². The predicted molar refractivity (Wildman–Crippen MR) is 171 cm³/mol. The highest BCUT2D eigenvalue weighted by Gasteiger charge is 2.53. The van der Waals surface area contributed by atoms with E-state index >= 15 is 0 Å². The van der Waals surface area contributed by atoms with Crippen LogP contribution in [0.1, 0.15) is 104 Å². The number of hydrogen-bond donors (Lipinski definition) is 8. The standard InChI is InChI=1S/C33H55NO15/c1-4-5-10-22-29(23(32(45)46)16-27(40)41)33(47)48-25(30(22)49-28(42)14-19(31(43)44)13-26(38)39)12-17(2)11-20(35)8-6-7-9-21(36)15-24(37)18(3)34/h17-25,29-30,35-37H,4-16,34H2,1-3H3,(H,38,39)(H,40,41)(H,43,44)(H,45,46)/t17-,18-,19+,20+,21+,22-,23+,24-,25-,29?,30+/m0/s1. The number of carbonyl (C=O) groups excluding carboxylic acids is 2. The van der Waals surface area contributed by atoms with Crippen molar-refractivity contribution in [1.82, 2.24) is 0 Å². The smallest absolute Gasteiger partial charge is 0.310 e. The van der Waals surface area contributed by atoms with Crippen molar-refractivity contribution in [2.75, 3.05) is 0 Å². The van der Waals surface area contributed by atoms with Gasteiger partial charge in [0.15, 0.2) is 0 Å². The van der Waals surface area contributed by atoms with Crippen molar-refractivity contribution in [1.29, 1.82) is 0 Å². The zero-order valence-electron chi connectivity index (χ0n) is 28.5. The van der Waals surface area contributed by atoms with E-state index in [-0.39, 0.29) is 31.6 Å². The number of esters is 2. The van der Waals surface area contributed by atoms with Crippen molar-refractivity contribution in [3.63, 3.8) is 0 Å². The van der Waals surface area contributed by atoms with Crippen LogP contribution in [0, 0.1) is 29.6 Å². The second-order valence-electron chi connectivity index (χ2n) is 13.5. The molecule has 16 nitrogen and oxygen atoms in total. The van der Waals surface area contributed by atoms with Gasteiger partial charge in [0.05, 0.1) is 55.3 Å². The van der Waals surface area contributed by atoms with E-state index < -0.39 is 115 Å². The molecule has 49 heavy (non-hydrogen) atoms. The van der Waals surface area contributed by atoms with Crippen LogP contribution in [-0.2, 0) is 38.2 Å². The average molecular weight is 706 g/mol. The van der Waals surface area contributed by atoms with E-state index in [0.29, 0.717) is 38.5 Å². The van der Waals surface area contributed by atoms with Crippen LogP contribution >= 0.6 is 0 Å². The molecular formula is C33H55NO15. The number of aliphatic hydroxyl groups excluding tert-OH is 3. The summed E-state index contributed by atoms with van der Waals surface area (Å²) in [4.78, 5) is 73.1. The molecule has 0 aromatic carbocycles. The maximum absolute atomic E-state index is 13.4. The summed E-state index contributed by atoms with van der Waals surface area (Å²) in [6.07, 6.45) is -3.85. The van der Waals surface area contributed by atoms with Gasteiger partial charge in [0, 0.05) is 18.4 Å². The summed E-state index contributed by atoms with van der Waals surface area (Å²) in [5.74, 6) is -14.3. The highest BCUT2D eigenvalue weighted by molar-refractivity contribution is 5.86. The molecule has 1 rings (SSSR count). The molecule has 0 amide bonds. The van der Waals surface area contributed by atoms with E-state index in [2.05, 4.69) is 0 Å². The number of hydrogen-bond acceptors (Lipinski definition) is 12. The van der Waals surface area contributed by atoms with Gasteiger partial charge in [-0.1, -0.05) is 39.5 Å². The van der Waals surface area contributed by atoms with Crippen molar-refractivity contribution in [2.24, 2.45) is 35.3 Å². The first-order valence-electron chi connectivity index (χ1n) is 17.0. The van der Waals surface area contributed by atoms with Crippen molar-refractivity contribution in [3.8, 4) is 0 Å². The number of aliphatic hydroxyl groups is 3. The van der Waals surface area contributed by atoms with Crippen molar-refractivity contribution >= 4 is 35.8 Å². The van der Waals surface area contributed by atoms with Gasteiger partial charge < -0.3 is 51.0 Å². The number of carboxylic acids is 4. The van der Waals surface area contributed by atoms with E-state index in [1.807, 2.05) is 6.92 Å². The SMILES string of the molecule is CCCC[C@H]1C([C@@H](CC(=O)O)C(=O)O)C(=O)O[C@@H](C[C@@H](C)C[C@H](O)CCCC[C@@H](O)C[C@H](O)[C@H](C)N)[C@@H]1OC(=O)C[C@@H](CC(=O)O)C(=O)O. The lowest BCUT2D eigenvalue weighted by Crippen LogP contribution is -2.54. The number of ether oxygens (including phenoxy) is 2. The number of rotatable bonds is 25. The third-order valence-electron chi connectivity index (χ3n) is 9.03. The Bertz CT molecular complexity index is 1100. The van der Waals surface area contributed by atoms with Crippen LogP contribution in [0.25, 0.3) is 0 Å². The molecule has 0 aromatic rings. The first-order chi connectivity index (χ1) is 22.9. The van der Waals surface area contributed by atoms with Gasteiger partial charge in [-0.25, -0.2) is 0 Å². The van der Waals surface area contributed by atoms with E-state index in [1.54, 1.807) is 13.8 Å². The molecule has 0 radical (unpaired) electrons. The summed E-state index contributed by atoms with van der Waals surface area (Å²) in [5, 5.41) is 68.5. The van der Waals surface area contributed by atoms with E-state index in [4.69, 9.17) is 20.3 Å². The second-order valence-corrected chi connectivity index (χ2v) is 13.5. The minimum absolute atomic E-state index is 0.0537. The Morgan fingerprint density at radius 3 is 1.90 bits per heavy atom. The molecule has 282 valence electrons. The zero-order valence-corrected chi connectivity index (χ0v) is 28.5. The molecule has 0 saturated carbocycles. The third-order valence-corrected chi connectivity index (χ3v) is 9.03. The van der Waals surface area contributed by atoms with Crippen LogP contribution in [0.5, 0.6) is 0 Å². The lowest BCUT2D eigenvalue weighted by Gasteiger charge is -2.43. The van der Waals surface area contributed by atoms with Crippen LogP contribution in [0.15, 0.2) is 0 Å². The van der Waals surface area contributed by atoms with Gasteiger partial charge in [-0.3, -0.25) is 28.8 Å². The molecule has 0 spiro atoms. The number of unbranched alkanes of at least 4 members (excludes halogenated alkanes) is 2. The molecule has 1 fully saturated rings. The quantitative estimate of drug-likeness (QED) is 0.0496. The molecule has 1 unspecified atom stereocenters. The van der Waals surface area contributed by atoms with Gasteiger partial charge in [0.25, 0.3) is 0 Å². The number of carboxylic acid groups (broad SMARTS) is 4. The molecule has 0 aliphatic carbocycles. The lowest BCUT2D eigenvalue weighted by molar-refractivity contribution is -0.203. The molecule has 1 aliphatic heterocycles. The maximum Gasteiger partial charge on any atom is 0.310 e. The molecule has 0 bridgehead atoms. The number of cyclic esters (lactones) is 1. The minimum Gasteiger partial charge on any atom is -0.481 e. The molecule has 16 heteroatoms. The minimum atomic E-state index is -1.72. The number of aliphatic carboxylic acids is 4. The summed E-state index contributed by atoms with van der Waals surface area (Å²) in [6.45, 7) is 5.24. The van der Waals surface area contributed by atoms with Crippen molar-refractivity contribution in [3.05, 3.63) is 0 Å². The monoisotopic (exact) mass is 705 g/mol. The predicted octanol–water partition coefficient (Wildman–Crippen LogP) is 1.78. The topological polar surface area (TPSA) is 289 Å². The van der Waals surface area contributed by atoms with Gasteiger partial charge in [0.1, 0.15) is 12.2 Å². The third kappa shape index (κ3) is 15.8. The number of nitrogens with two attached hydrogens (primary N) is 1. The fourth-order valence-corrected chi connectivity index (χ4v) is 6.40. The van der Waals surface area contributed by atoms with Crippen molar-refractivity contribution < 1.29 is 74.0 Å². The molecule has 0 aromatic heterocycles. The Morgan fingerprint density at radius 1 is 0.837 bits per heavy atom. The van der Waals surface area contributed by atoms with Crippen LogP contribution < -0.4 is 5.73 Å². The van der Waals surface area contributed by atoms with E-state index in [1.165, 1.54) is 0 Å². The highest BCUT2D eigenvalue weighted by atomic mass is 16.6. The molecule has 1 aliphatic rings. The fourth-order valence-electron chi connectivity index (χ4n) is 6.40. The van der Waals surface area contributed by atoms with Crippen LogP contribution in [-0.4, -0.2) is 108 Å². The van der Waals surface area contributed by atoms with Gasteiger partial charge in [0.2, 0.25) is 0 Å². The number of carbonyl (C=O) groups is 6. The Labute approximate surface area is 286 Å². The van der Waals surface area contributed by atoms with Gasteiger partial charge >= 0.3 is 35.8 Å². The van der Waals surface area contributed by atoms with Crippen molar-refractivity contribution in [2.45, 2.75) is 141 Å². The van der Waals surface area contributed by atoms with Gasteiger partial charge in [-0.2, -0.15) is 0 Å².